The maximum atomic E-state index is 13.3. The van der Waals surface area contributed by atoms with Gasteiger partial charge in [0, 0.05) is 4.90 Å². The van der Waals surface area contributed by atoms with Gasteiger partial charge in [0.1, 0.15) is 11.6 Å². The molecule has 0 aromatic heterocycles. The molecule has 2 rings (SSSR count). The Morgan fingerprint density at radius 3 is 2.71 bits per heavy atom. The van der Waals surface area contributed by atoms with Crippen LogP contribution < -0.4 is 4.74 Å². The quantitative estimate of drug-likeness (QED) is 0.922. The van der Waals surface area contributed by atoms with Crippen LogP contribution in [-0.2, 0) is 16.6 Å². The van der Waals surface area contributed by atoms with Gasteiger partial charge in [-0.15, -0.1) is 0 Å². The van der Waals surface area contributed by atoms with Crippen LogP contribution in [0, 0.1) is 5.82 Å². The summed E-state index contributed by atoms with van der Waals surface area (Å²) in [5.74, 6) is -1.38. The van der Waals surface area contributed by atoms with E-state index < -0.39 is 28.1 Å². The summed E-state index contributed by atoms with van der Waals surface area (Å²) >= 11 is 0. The van der Waals surface area contributed by atoms with E-state index in [0.29, 0.717) is 5.75 Å². The van der Waals surface area contributed by atoms with Crippen LogP contribution >= 0.6 is 0 Å². The molecule has 2 aromatic rings. The maximum Gasteiger partial charge on any atom is 0.338 e. The summed E-state index contributed by atoms with van der Waals surface area (Å²) < 4.78 is 30.7. The van der Waals surface area contributed by atoms with E-state index >= 15 is 0 Å². The molecule has 0 aliphatic rings. The monoisotopic (exact) mass is 308 g/mol. The van der Waals surface area contributed by atoms with Crippen molar-refractivity contribution in [3.8, 4) is 5.75 Å². The minimum atomic E-state index is -1.47. The Hall–Kier alpha value is -2.21. The molecule has 0 saturated carbocycles. The summed E-state index contributed by atoms with van der Waals surface area (Å²) in [6.07, 6.45) is 0. The van der Waals surface area contributed by atoms with Crippen LogP contribution in [0.25, 0.3) is 0 Å². The van der Waals surface area contributed by atoms with Crippen LogP contribution in [0.1, 0.15) is 15.9 Å². The summed E-state index contributed by atoms with van der Waals surface area (Å²) in [5, 5.41) is 8.87. The summed E-state index contributed by atoms with van der Waals surface area (Å²) in [6.45, 7) is 0. The third kappa shape index (κ3) is 3.66. The zero-order valence-electron chi connectivity index (χ0n) is 11.2. The Kier molecular flexibility index (Phi) is 4.70. The van der Waals surface area contributed by atoms with Gasteiger partial charge < -0.3 is 9.84 Å². The van der Waals surface area contributed by atoms with Crippen LogP contribution in [0.5, 0.6) is 5.75 Å². The Balaban J connectivity index is 2.24. The van der Waals surface area contributed by atoms with Crippen LogP contribution in [0.4, 0.5) is 4.39 Å². The van der Waals surface area contributed by atoms with Gasteiger partial charge in [0.05, 0.1) is 29.2 Å². The van der Waals surface area contributed by atoms with Gasteiger partial charge in [-0.1, -0.05) is 12.1 Å². The molecule has 0 aliphatic carbocycles. The highest BCUT2D eigenvalue weighted by Crippen LogP contribution is 2.19. The molecule has 6 heteroatoms. The van der Waals surface area contributed by atoms with Crippen molar-refractivity contribution < 1.29 is 23.2 Å². The SMILES string of the molecule is COc1cccc(CS(=O)c2ccc(F)c(C(=O)O)c2)c1. The normalized spacial score (nSPS) is 11.9. The molecule has 2 aromatic carbocycles. The minimum Gasteiger partial charge on any atom is -0.497 e. The first-order valence-corrected chi connectivity index (χ1v) is 7.37. The van der Waals surface area contributed by atoms with Crippen molar-refractivity contribution >= 4 is 16.8 Å². The van der Waals surface area contributed by atoms with Gasteiger partial charge in [-0.3, -0.25) is 4.21 Å². The Labute approximate surface area is 123 Å². The predicted molar refractivity (Wildman–Crippen MR) is 76.5 cm³/mol. The highest BCUT2D eigenvalue weighted by Gasteiger charge is 2.14. The molecular weight excluding hydrogens is 295 g/mol. The molecule has 0 fully saturated rings. The zero-order chi connectivity index (χ0) is 15.4. The molecule has 0 heterocycles. The molecule has 0 radical (unpaired) electrons. The number of ether oxygens (including phenoxy) is 1. The molecular formula is C15H13FO4S. The van der Waals surface area contributed by atoms with Crippen LogP contribution in [0.3, 0.4) is 0 Å². The van der Waals surface area contributed by atoms with E-state index in [-0.39, 0.29) is 10.6 Å². The molecule has 1 unspecified atom stereocenters. The van der Waals surface area contributed by atoms with Crippen molar-refractivity contribution in [2.45, 2.75) is 10.6 Å². The first-order valence-electron chi connectivity index (χ1n) is 6.05. The third-order valence-corrected chi connectivity index (χ3v) is 4.24. The molecule has 0 spiro atoms. The van der Waals surface area contributed by atoms with Crippen molar-refractivity contribution in [3.63, 3.8) is 0 Å². The lowest BCUT2D eigenvalue weighted by molar-refractivity contribution is 0.0691. The number of aromatic carboxylic acids is 1. The Morgan fingerprint density at radius 2 is 2.05 bits per heavy atom. The van der Waals surface area contributed by atoms with E-state index in [1.807, 2.05) is 0 Å². The van der Waals surface area contributed by atoms with Gasteiger partial charge in [-0.25, -0.2) is 9.18 Å². The smallest absolute Gasteiger partial charge is 0.338 e. The van der Waals surface area contributed by atoms with Gasteiger partial charge in [-0.05, 0) is 35.9 Å². The lowest BCUT2D eigenvalue weighted by atomic mass is 10.2. The number of carboxylic acid groups (broad SMARTS) is 1. The maximum absolute atomic E-state index is 13.3. The summed E-state index contributed by atoms with van der Waals surface area (Å²) in [5.41, 5.74) is 0.306. The fraction of sp³-hybridized carbons (Fsp3) is 0.133. The lowest BCUT2D eigenvalue weighted by Crippen LogP contribution is -2.04. The third-order valence-electron chi connectivity index (χ3n) is 2.86. The van der Waals surface area contributed by atoms with Crippen LogP contribution in [0.2, 0.25) is 0 Å². The van der Waals surface area contributed by atoms with E-state index in [1.54, 1.807) is 24.3 Å². The second kappa shape index (κ2) is 6.49. The van der Waals surface area contributed by atoms with Crippen molar-refractivity contribution in [3.05, 3.63) is 59.4 Å². The number of halogens is 1. The van der Waals surface area contributed by atoms with Crippen molar-refractivity contribution in [2.24, 2.45) is 0 Å². The van der Waals surface area contributed by atoms with Gasteiger partial charge >= 0.3 is 5.97 Å². The van der Waals surface area contributed by atoms with Gasteiger partial charge in [0.2, 0.25) is 0 Å². The van der Waals surface area contributed by atoms with Gasteiger partial charge in [0.25, 0.3) is 0 Å². The summed E-state index contributed by atoms with van der Waals surface area (Å²) in [7, 11) is 0.0716. The second-order valence-electron chi connectivity index (χ2n) is 4.29. The number of benzene rings is 2. The lowest BCUT2D eigenvalue weighted by Gasteiger charge is -2.06. The van der Waals surface area contributed by atoms with E-state index in [9.17, 15) is 13.4 Å². The van der Waals surface area contributed by atoms with E-state index in [0.717, 1.165) is 17.7 Å². The number of methoxy groups -OCH3 is 1. The predicted octanol–water partition coefficient (Wildman–Crippen LogP) is 2.84. The standard InChI is InChI=1S/C15H13FO4S/c1-20-11-4-2-3-10(7-11)9-21(19)12-5-6-14(16)13(8-12)15(17)18/h2-8H,9H2,1H3,(H,17,18). The molecule has 21 heavy (non-hydrogen) atoms. The topological polar surface area (TPSA) is 63.6 Å². The van der Waals surface area contributed by atoms with Crippen LogP contribution in [-0.4, -0.2) is 22.4 Å². The first kappa shape index (κ1) is 15.2. The van der Waals surface area contributed by atoms with Crippen molar-refractivity contribution in [1.82, 2.24) is 0 Å². The average molecular weight is 308 g/mol. The second-order valence-corrected chi connectivity index (χ2v) is 5.74. The molecule has 1 N–H and O–H groups in total. The van der Waals surface area contributed by atoms with Gasteiger partial charge in [0.15, 0.2) is 0 Å². The Morgan fingerprint density at radius 1 is 1.29 bits per heavy atom. The summed E-state index contributed by atoms with van der Waals surface area (Å²) in [6, 6.07) is 10.5. The molecule has 4 nitrogen and oxygen atoms in total. The highest BCUT2D eigenvalue weighted by atomic mass is 32.2. The fourth-order valence-electron chi connectivity index (χ4n) is 1.81. The van der Waals surface area contributed by atoms with E-state index in [4.69, 9.17) is 9.84 Å². The minimum absolute atomic E-state index is 0.196. The number of carbonyl (C=O) groups is 1. The molecule has 0 aliphatic heterocycles. The average Bonchev–Trinajstić information content (AvgIpc) is 2.47. The molecule has 0 bridgehead atoms. The van der Waals surface area contributed by atoms with Gasteiger partial charge in [-0.2, -0.15) is 0 Å². The number of hydrogen-bond donors (Lipinski definition) is 1. The van der Waals surface area contributed by atoms with E-state index in [1.165, 1.54) is 13.2 Å². The molecule has 0 saturated heterocycles. The largest absolute Gasteiger partial charge is 0.497 e. The number of rotatable bonds is 5. The Bertz CT molecular complexity index is 700. The zero-order valence-corrected chi connectivity index (χ0v) is 12.0. The molecule has 1 atom stereocenters. The molecule has 110 valence electrons. The van der Waals surface area contributed by atoms with E-state index in [2.05, 4.69) is 0 Å². The first-order chi connectivity index (χ1) is 10.0. The molecule has 0 amide bonds. The summed E-state index contributed by atoms with van der Waals surface area (Å²) in [4.78, 5) is 11.2. The van der Waals surface area contributed by atoms with Crippen molar-refractivity contribution in [2.75, 3.05) is 7.11 Å². The number of hydrogen-bond acceptors (Lipinski definition) is 3. The van der Waals surface area contributed by atoms with Crippen molar-refractivity contribution in [1.29, 1.82) is 0 Å². The number of carboxylic acids is 1. The highest BCUT2D eigenvalue weighted by molar-refractivity contribution is 7.84. The van der Waals surface area contributed by atoms with Crippen LogP contribution in [0.15, 0.2) is 47.4 Å². The fourth-order valence-corrected chi connectivity index (χ4v) is 2.92.